The molecule has 3 aromatic rings. The van der Waals surface area contributed by atoms with Gasteiger partial charge >= 0.3 is 0 Å². The number of carbonyl (C=O) groups excluding carboxylic acids is 1. The fraction of sp³-hybridized carbons (Fsp3) is 0.0588. The van der Waals surface area contributed by atoms with Crippen molar-refractivity contribution in [2.45, 2.75) is 6.04 Å². The largest absolute Gasteiger partial charge is 0.340 e. The smallest absolute Gasteiger partial charge is 0.253 e. The van der Waals surface area contributed by atoms with Gasteiger partial charge in [0.05, 0.1) is 16.6 Å². The normalized spacial score (nSPS) is 11.9. The fourth-order valence-corrected chi connectivity index (χ4v) is 3.21. The number of halogens is 2. The maximum Gasteiger partial charge on any atom is 0.253 e. The molecule has 1 N–H and O–H groups in total. The first-order valence-electron chi connectivity index (χ1n) is 6.84. The lowest BCUT2D eigenvalue weighted by Gasteiger charge is -2.18. The van der Waals surface area contributed by atoms with Crippen molar-refractivity contribution in [1.29, 1.82) is 0 Å². The predicted octanol–water partition coefficient (Wildman–Crippen LogP) is 4.46. The zero-order valence-corrected chi connectivity index (χ0v) is 13.4. The first-order chi connectivity index (χ1) is 11.1. The van der Waals surface area contributed by atoms with E-state index in [0.717, 1.165) is 10.4 Å². The molecule has 0 bridgehead atoms. The maximum absolute atomic E-state index is 13.2. The summed E-state index contributed by atoms with van der Waals surface area (Å²) in [6, 6.07) is 11.1. The molecule has 0 radical (unpaired) electrons. The predicted molar refractivity (Wildman–Crippen MR) is 89.3 cm³/mol. The average Bonchev–Trinajstić information content (AvgIpc) is 3.08. The topological polar surface area (TPSA) is 42.0 Å². The molecule has 0 spiro atoms. The molecule has 2 aromatic heterocycles. The molecule has 0 unspecified atom stereocenters. The van der Waals surface area contributed by atoms with E-state index in [1.807, 2.05) is 17.5 Å². The molecule has 0 fully saturated rings. The van der Waals surface area contributed by atoms with Gasteiger partial charge in [-0.05, 0) is 35.2 Å². The van der Waals surface area contributed by atoms with E-state index >= 15 is 0 Å². The molecule has 3 rings (SSSR count). The average molecular weight is 347 g/mol. The van der Waals surface area contributed by atoms with Crippen LogP contribution in [0.2, 0.25) is 5.02 Å². The van der Waals surface area contributed by atoms with Crippen molar-refractivity contribution in [2.75, 3.05) is 0 Å². The van der Waals surface area contributed by atoms with Crippen molar-refractivity contribution in [2.24, 2.45) is 0 Å². The molecule has 116 valence electrons. The van der Waals surface area contributed by atoms with Crippen molar-refractivity contribution < 1.29 is 9.18 Å². The van der Waals surface area contributed by atoms with E-state index < -0.39 is 0 Å². The second-order valence-corrected chi connectivity index (χ2v) is 6.22. The molecule has 0 aliphatic rings. The van der Waals surface area contributed by atoms with Crippen LogP contribution >= 0.6 is 22.9 Å². The summed E-state index contributed by atoms with van der Waals surface area (Å²) in [6.07, 6.45) is 2.94. The molecule has 2 heterocycles. The van der Waals surface area contributed by atoms with Gasteiger partial charge < -0.3 is 5.32 Å². The minimum absolute atomic E-state index is 0.286. The van der Waals surface area contributed by atoms with E-state index in [9.17, 15) is 9.18 Å². The number of pyridine rings is 1. The van der Waals surface area contributed by atoms with Crippen LogP contribution in [0.4, 0.5) is 4.39 Å². The first kappa shape index (κ1) is 15.6. The van der Waals surface area contributed by atoms with E-state index in [2.05, 4.69) is 10.3 Å². The van der Waals surface area contributed by atoms with Crippen molar-refractivity contribution >= 4 is 28.8 Å². The van der Waals surface area contributed by atoms with Crippen LogP contribution in [0, 0.1) is 5.82 Å². The van der Waals surface area contributed by atoms with Gasteiger partial charge in [0.15, 0.2) is 0 Å². The van der Waals surface area contributed by atoms with Crippen molar-refractivity contribution in [1.82, 2.24) is 10.3 Å². The lowest BCUT2D eigenvalue weighted by molar-refractivity contribution is 0.0943. The van der Waals surface area contributed by atoms with Gasteiger partial charge in [-0.2, -0.15) is 0 Å². The molecule has 3 nitrogen and oxygen atoms in total. The molecule has 1 amide bonds. The highest BCUT2D eigenvalue weighted by atomic mass is 35.5. The minimum Gasteiger partial charge on any atom is -0.340 e. The van der Waals surface area contributed by atoms with Crippen molar-refractivity contribution in [3.63, 3.8) is 0 Å². The van der Waals surface area contributed by atoms with Gasteiger partial charge in [0.25, 0.3) is 5.91 Å². The van der Waals surface area contributed by atoms with Crippen LogP contribution in [0.15, 0.2) is 60.2 Å². The minimum atomic E-state index is -0.368. The van der Waals surface area contributed by atoms with E-state index in [1.165, 1.54) is 35.9 Å². The molecular formula is C17H12ClFN2OS. The third kappa shape index (κ3) is 3.57. The summed E-state index contributed by atoms with van der Waals surface area (Å²) < 4.78 is 13.2. The Bertz CT molecular complexity index is 806. The monoisotopic (exact) mass is 346 g/mol. The van der Waals surface area contributed by atoms with Crippen LogP contribution in [0.5, 0.6) is 0 Å². The fourth-order valence-electron chi connectivity index (χ4n) is 2.20. The van der Waals surface area contributed by atoms with E-state index in [-0.39, 0.29) is 22.8 Å². The molecule has 0 aliphatic carbocycles. The van der Waals surface area contributed by atoms with Gasteiger partial charge in [0.2, 0.25) is 0 Å². The SMILES string of the molecule is O=C(N[C@@H](c1ccc(F)cc1)c1cccs1)c1ccncc1Cl. The summed E-state index contributed by atoms with van der Waals surface area (Å²) >= 11 is 7.54. The maximum atomic E-state index is 13.2. The van der Waals surface area contributed by atoms with Crippen LogP contribution in [0.1, 0.15) is 26.8 Å². The van der Waals surface area contributed by atoms with Gasteiger partial charge in [0, 0.05) is 17.3 Å². The number of hydrogen-bond donors (Lipinski definition) is 1. The first-order valence-corrected chi connectivity index (χ1v) is 8.10. The number of aromatic nitrogens is 1. The molecule has 1 atom stereocenters. The number of hydrogen-bond acceptors (Lipinski definition) is 3. The lowest BCUT2D eigenvalue weighted by atomic mass is 10.0. The Hall–Kier alpha value is -2.24. The van der Waals surface area contributed by atoms with E-state index in [4.69, 9.17) is 11.6 Å². The quantitative estimate of drug-likeness (QED) is 0.758. The molecule has 0 saturated heterocycles. The van der Waals surface area contributed by atoms with Crippen molar-refractivity contribution in [3.05, 3.63) is 87.1 Å². The molecular weight excluding hydrogens is 335 g/mol. The Kier molecular flexibility index (Phi) is 4.69. The second-order valence-electron chi connectivity index (χ2n) is 4.83. The number of thiophene rings is 1. The number of rotatable bonds is 4. The van der Waals surface area contributed by atoms with Crippen molar-refractivity contribution in [3.8, 4) is 0 Å². The van der Waals surface area contributed by atoms with Gasteiger partial charge in [-0.15, -0.1) is 11.3 Å². The number of carbonyl (C=O) groups is 1. The van der Waals surface area contributed by atoms with Crippen LogP contribution < -0.4 is 5.32 Å². The van der Waals surface area contributed by atoms with Gasteiger partial charge in [0.1, 0.15) is 5.82 Å². The molecule has 6 heteroatoms. The van der Waals surface area contributed by atoms with Gasteiger partial charge in [-0.3, -0.25) is 9.78 Å². The molecule has 0 aliphatic heterocycles. The van der Waals surface area contributed by atoms with Crippen LogP contribution in [0.25, 0.3) is 0 Å². The highest BCUT2D eigenvalue weighted by molar-refractivity contribution is 7.10. The number of nitrogens with one attached hydrogen (secondary N) is 1. The third-order valence-corrected chi connectivity index (χ3v) is 4.56. The molecule has 0 saturated carbocycles. The third-order valence-electron chi connectivity index (χ3n) is 3.32. The Morgan fingerprint density at radius 2 is 2.00 bits per heavy atom. The zero-order valence-electron chi connectivity index (χ0n) is 11.9. The van der Waals surface area contributed by atoms with Crippen LogP contribution in [-0.4, -0.2) is 10.9 Å². The number of nitrogens with zero attached hydrogens (tertiary/aromatic N) is 1. The Morgan fingerprint density at radius 3 is 2.65 bits per heavy atom. The summed E-state index contributed by atoms with van der Waals surface area (Å²) in [5.74, 6) is -0.623. The number of amides is 1. The van der Waals surface area contributed by atoms with Gasteiger partial charge in [-0.25, -0.2) is 4.39 Å². The summed E-state index contributed by atoms with van der Waals surface area (Å²) in [6.45, 7) is 0. The number of benzene rings is 1. The Labute approximate surface area is 141 Å². The summed E-state index contributed by atoms with van der Waals surface area (Å²) in [5.41, 5.74) is 1.15. The van der Waals surface area contributed by atoms with E-state index in [1.54, 1.807) is 18.2 Å². The Morgan fingerprint density at radius 1 is 1.22 bits per heavy atom. The zero-order chi connectivity index (χ0) is 16.2. The highest BCUT2D eigenvalue weighted by Crippen LogP contribution is 2.27. The van der Waals surface area contributed by atoms with Crippen LogP contribution in [-0.2, 0) is 0 Å². The van der Waals surface area contributed by atoms with Gasteiger partial charge in [-0.1, -0.05) is 29.8 Å². The summed E-state index contributed by atoms with van der Waals surface area (Å²) in [7, 11) is 0. The standard InChI is InChI=1S/C17H12ClFN2OS/c18-14-10-20-8-7-13(14)17(22)21-16(15-2-1-9-23-15)11-3-5-12(19)6-4-11/h1-10,16H,(H,21,22)/t16-/m0/s1. The summed E-state index contributed by atoms with van der Waals surface area (Å²) in [5, 5.41) is 5.16. The summed E-state index contributed by atoms with van der Waals surface area (Å²) in [4.78, 5) is 17.3. The van der Waals surface area contributed by atoms with Crippen LogP contribution in [0.3, 0.4) is 0 Å². The Balaban J connectivity index is 1.92. The molecule has 1 aromatic carbocycles. The van der Waals surface area contributed by atoms with E-state index in [0.29, 0.717) is 5.56 Å². The molecule has 23 heavy (non-hydrogen) atoms. The lowest BCUT2D eigenvalue weighted by Crippen LogP contribution is -2.29. The highest BCUT2D eigenvalue weighted by Gasteiger charge is 2.20. The second kappa shape index (κ2) is 6.89.